The molecule has 0 aliphatic rings. The van der Waals surface area contributed by atoms with Crippen LogP contribution in [0.25, 0.3) is 0 Å². The van der Waals surface area contributed by atoms with Crippen molar-refractivity contribution < 1.29 is 0 Å². The molecule has 0 unspecified atom stereocenters. The van der Waals surface area contributed by atoms with Crippen molar-refractivity contribution in [1.29, 1.82) is 0 Å². The second-order valence-electron chi connectivity index (χ2n) is 4.60. The Balaban J connectivity index is 2.31. The third kappa shape index (κ3) is 3.23. The maximum absolute atomic E-state index is 6.23. The molecule has 2 rings (SSSR count). The van der Waals surface area contributed by atoms with E-state index in [1.807, 2.05) is 31.3 Å². The number of nitrogen functional groups attached to an aromatic ring is 1. The predicted molar refractivity (Wildman–Crippen MR) is 86.9 cm³/mol. The van der Waals surface area contributed by atoms with E-state index in [1.165, 1.54) is 11.1 Å². The molecule has 100 valence electrons. The molecular formula is C15H16BrClN2. The number of nitrogens with two attached hydrogens (primary N) is 1. The molecule has 0 radical (unpaired) electrons. The van der Waals surface area contributed by atoms with E-state index in [4.69, 9.17) is 17.3 Å². The van der Waals surface area contributed by atoms with Crippen molar-refractivity contribution in [3.8, 4) is 0 Å². The van der Waals surface area contributed by atoms with Gasteiger partial charge in [-0.05, 0) is 42.3 Å². The molecule has 2 aromatic rings. The molecule has 2 N–H and O–H groups in total. The summed E-state index contributed by atoms with van der Waals surface area (Å²) in [6.45, 7) is 2.87. The van der Waals surface area contributed by atoms with Crippen LogP contribution < -0.4 is 10.6 Å². The highest BCUT2D eigenvalue weighted by Crippen LogP contribution is 2.32. The molecule has 0 saturated carbocycles. The van der Waals surface area contributed by atoms with Crippen LogP contribution in [0, 0.1) is 6.92 Å². The number of hydrogen-bond acceptors (Lipinski definition) is 2. The van der Waals surface area contributed by atoms with Crippen LogP contribution in [-0.4, -0.2) is 7.05 Å². The number of para-hydroxylation sites is 1. The molecule has 19 heavy (non-hydrogen) atoms. The lowest BCUT2D eigenvalue weighted by Crippen LogP contribution is -2.18. The van der Waals surface area contributed by atoms with Crippen LogP contribution in [0.3, 0.4) is 0 Å². The summed E-state index contributed by atoms with van der Waals surface area (Å²) in [5, 5.41) is 0.676. The highest BCUT2D eigenvalue weighted by Gasteiger charge is 2.11. The Hall–Kier alpha value is -1.19. The summed E-state index contributed by atoms with van der Waals surface area (Å²) in [5.41, 5.74) is 10.1. The number of benzene rings is 2. The molecule has 0 aliphatic heterocycles. The van der Waals surface area contributed by atoms with Gasteiger partial charge in [0.15, 0.2) is 0 Å². The standard InChI is InChI=1S/C15H16BrClN2/c1-10-6-7-12(16)8-11(10)9-19(2)15-13(17)4-3-5-14(15)18/h3-8H,9,18H2,1-2H3. The number of rotatable bonds is 3. The molecule has 0 bridgehead atoms. The number of aryl methyl sites for hydroxylation is 1. The molecule has 2 aromatic carbocycles. The summed E-state index contributed by atoms with van der Waals surface area (Å²) >= 11 is 9.73. The Morgan fingerprint density at radius 2 is 2.00 bits per heavy atom. The molecule has 0 aromatic heterocycles. The quantitative estimate of drug-likeness (QED) is 0.826. The number of hydrogen-bond donors (Lipinski definition) is 1. The highest BCUT2D eigenvalue weighted by atomic mass is 79.9. The number of nitrogens with zero attached hydrogens (tertiary/aromatic N) is 1. The normalized spacial score (nSPS) is 10.5. The number of anilines is 2. The predicted octanol–water partition coefficient (Wildman–Crippen LogP) is 4.63. The summed E-state index contributed by atoms with van der Waals surface area (Å²) in [5.74, 6) is 0. The van der Waals surface area contributed by atoms with Gasteiger partial charge in [-0.15, -0.1) is 0 Å². The van der Waals surface area contributed by atoms with Gasteiger partial charge in [0.2, 0.25) is 0 Å². The van der Waals surface area contributed by atoms with Gasteiger partial charge in [0.25, 0.3) is 0 Å². The second-order valence-corrected chi connectivity index (χ2v) is 5.93. The Morgan fingerprint density at radius 3 is 2.68 bits per heavy atom. The van der Waals surface area contributed by atoms with Crippen molar-refractivity contribution in [2.24, 2.45) is 0 Å². The third-order valence-electron chi connectivity index (χ3n) is 3.12. The van der Waals surface area contributed by atoms with E-state index in [9.17, 15) is 0 Å². The molecule has 0 atom stereocenters. The molecular weight excluding hydrogens is 324 g/mol. The van der Waals surface area contributed by atoms with E-state index in [0.29, 0.717) is 10.7 Å². The van der Waals surface area contributed by atoms with Crippen LogP contribution in [0.4, 0.5) is 11.4 Å². The van der Waals surface area contributed by atoms with E-state index in [-0.39, 0.29) is 0 Å². The lowest BCUT2D eigenvalue weighted by atomic mass is 10.1. The van der Waals surface area contributed by atoms with Crippen LogP contribution in [0.15, 0.2) is 40.9 Å². The van der Waals surface area contributed by atoms with Gasteiger partial charge in [0, 0.05) is 18.1 Å². The molecule has 0 fully saturated rings. The minimum atomic E-state index is 0.676. The van der Waals surface area contributed by atoms with Gasteiger partial charge in [-0.3, -0.25) is 0 Å². The van der Waals surface area contributed by atoms with E-state index in [0.717, 1.165) is 16.7 Å². The summed E-state index contributed by atoms with van der Waals surface area (Å²) in [7, 11) is 2.00. The van der Waals surface area contributed by atoms with Crippen molar-refractivity contribution >= 4 is 38.9 Å². The summed E-state index contributed by atoms with van der Waals surface area (Å²) < 4.78 is 1.08. The van der Waals surface area contributed by atoms with Gasteiger partial charge in [0.1, 0.15) is 0 Å². The maximum atomic E-state index is 6.23. The minimum Gasteiger partial charge on any atom is -0.397 e. The van der Waals surface area contributed by atoms with Crippen molar-refractivity contribution in [2.45, 2.75) is 13.5 Å². The first-order valence-corrected chi connectivity index (χ1v) is 7.16. The Bertz CT molecular complexity index is 578. The van der Waals surface area contributed by atoms with Crippen LogP contribution in [0.1, 0.15) is 11.1 Å². The first-order valence-electron chi connectivity index (χ1n) is 5.99. The lowest BCUT2D eigenvalue weighted by Gasteiger charge is -2.23. The zero-order valence-corrected chi connectivity index (χ0v) is 13.3. The molecule has 0 heterocycles. The van der Waals surface area contributed by atoms with Crippen LogP contribution in [0.2, 0.25) is 5.02 Å². The molecule has 0 saturated heterocycles. The van der Waals surface area contributed by atoms with E-state index < -0.39 is 0 Å². The summed E-state index contributed by atoms with van der Waals surface area (Å²) in [4.78, 5) is 2.08. The largest absolute Gasteiger partial charge is 0.397 e. The molecule has 0 spiro atoms. The average molecular weight is 340 g/mol. The van der Waals surface area contributed by atoms with E-state index >= 15 is 0 Å². The summed E-state index contributed by atoms with van der Waals surface area (Å²) in [6.07, 6.45) is 0. The van der Waals surface area contributed by atoms with Gasteiger partial charge in [-0.2, -0.15) is 0 Å². The number of halogens is 2. The average Bonchev–Trinajstić information content (AvgIpc) is 2.33. The smallest absolute Gasteiger partial charge is 0.0789 e. The van der Waals surface area contributed by atoms with Gasteiger partial charge in [-0.25, -0.2) is 0 Å². The van der Waals surface area contributed by atoms with Crippen molar-refractivity contribution in [2.75, 3.05) is 17.7 Å². The Labute approximate surface area is 127 Å². The fourth-order valence-corrected chi connectivity index (χ4v) is 2.81. The zero-order valence-electron chi connectivity index (χ0n) is 11.0. The van der Waals surface area contributed by atoms with Crippen LogP contribution >= 0.6 is 27.5 Å². The fraction of sp³-hybridized carbons (Fsp3) is 0.200. The topological polar surface area (TPSA) is 29.3 Å². The van der Waals surface area contributed by atoms with E-state index in [1.54, 1.807) is 0 Å². The van der Waals surface area contributed by atoms with Crippen molar-refractivity contribution in [1.82, 2.24) is 0 Å². The maximum Gasteiger partial charge on any atom is 0.0789 e. The SMILES string of the molecule is Cc1ccc(Br)cc1CN(C)c1c(N)cccc1Cl. The monoisotopic (exact) mass is 338 g/mol. The van der Waals surface area contributed by atoms with E-state index in [2.05, 4.69) is 39.9 Å². The van der Waals surface area contributed by atoms with Gasteiger partial charge in [-0.1, -0.05) is 39.7 Å². The van der Waals surface area contributed by atoms with Crippen LogP contribution in [-0.2, 0) is 6.54 Å². The Morgan fingerprint density at radius 1 is 1.26 bits per heavy atom. The summed E-state index contributed by atoms with van der Waals surface area (Å²) in [6, 6.07) is 11.9. The molecule has 4 heteroatoms. The first kappa shape index (κ1) is 14.2. The minimum absolute atomic E-state index is 0.676. The van der Waals surface area contributed by atoms with Crippen molar-refractivity contribution in [3.05, 3.63) is 57.0 Å². The molecule has 0 aliphatic carbocycles. The zero-order chi connectivity index (χ0) is 14.0. The molecule has 0 amide bonds. The lowest BCUT2D eigenvalue weighted by molar-refractivity contribution is 0.915. The van der Waals surface area contributed by atoms with Crippen molar-refractivity contribution in [3.63, 3.8) is 0 Å². The van der Waals surface area contributed by atoms with Crippen LogP contribution in [0.5, 0.6) is 0 Å². The van der Waals surface area contributed by atoms with Gasteiger partial charge in [0.05, 0.1) is 16.4 Å². The fourth-order valence-electron chi connectivity index (χ4n) is 2.08. The Kier molecular flexibility index (Phi) is 4.38. The highest BCUT2D eigenvalue weighted by molar-refractivity contribution is 9.10. The second kappa shape index (κ2) is 5.85. The third-order valence-corrected chi connectivity index (χ3v) is 3.92. The molecule has 2 nitrogen and oxygen atoms in total. The van der Waals surface area contributed by atoms with Gasteiger partial charge >= 0.3 is 0 Å². The first-order chi connectivity index (χ1) is 8.99. The van der Waals surface area contributed by atoms with Gasteiger partial charge < -0.3 is 10.6 Å².